The molecular weight excluding hydrogens is 292 g/mol. The van der Waals surface area contributed by atoms with Gasteiger partial charge in [-0.1, -0.05) is 23.8 Å². The van der Waals surface area contributed by atoms with Crippen LogP contribution in [-0.4, -0.2) is 18.2 Å². The summed E-state index contributed by atoms with van der Waals surface area (Å²) < 4.78 is 0. The third kappa shape index (κ3) is 5.95. The summed E-state index contributed by atoms with van der Waals surface area (Å²) in [5.41, 5.74) is 3.25. The number of carbonyl (C=O) groups is 1. The molecule has 1 N–H and O–H groups in total. The van der Waals surface area contributed by atoms with Crippen molar-refractivity contribution in [1.82, 2.24) is 5.32 Å². The molecule has 0 saturated carbocycles. The monoisotopic (exact) mass is 314 g/mol. The molecule has 3 nitrogen and oxygen atoms in total. The highest BCUT2D eigenvalue weighted by Gasteiger charge is 2.05. The second kappa shape index (κ2) is 9.32. The third-order valence-electron chi connectivity index (χ3n) is 3.71. The van der Waals surface area contributed by atoms with E-state index in [-0.39, 0.29) is 5.91 Å². The molecule has 0 radical (unpaired) electrons. The second-order valence-electron chi connectivity index (χ2n) is 5.51. The number of nitriles is 1. The molecule has 0 aromatic heterocycles. The summed E-state index contributed by atoms with van der Waals surface area (Å²) in [6.07, 6.45) is 8.30. The zero-order chi connectivity index (χ0) is 15.6. The first-order valence-electron chi connectivity index (χ1n) is 7.79. The van der Waals surface area contributed by atoms with Gasteiger partial charge in [-0.3, -0.25) is 4.79 Å². The Balaban J connectivity index is 1.61. The molecule has 4 heteroatoms. The van der Waals surface area contributed by atoms with Gasteiger partial charge in [-0.15, -0.1) is 11.8 Å². The van der Waals surface area contributed by atoms with Crippen molar-refractivity contribution in [3.63, 3.8) is 0 Å². The number of carbonyl (C=O) groups excluding carboxylic acids is 1. The molecule has 1 aliphatic rings. The summed E-state index contributed by atoms with van der Waals surface area (Å²) in [5, 5.41) is 11.8. The Bertz CT molecular complexity index is 575. The van der Waals surface area contributed by atoms with Crippen LogP contribution in [0.5, 0.6) is 0 Å². The van der Waals surface area contributed by atoms with Gasteiger partial charge in [0.05, 0.1) is 17.4 Å². The van der Waals surface area contributed by atoms with E-state index in [1.807, 2.05) is 18.2 Å². The number of benzene rings is 1. The van der Waals surface area contributed by atoms with E-state index < -0.39 is 0 Å². The molecule has 1 aliphatic carbocycles. The second-order valence-corrected chi connectivity index (χ2v) is 6.50. The molecule has 0 bridgehead atoms. The van der Waals surface area contributed by atoms with Crippen molar-refractivity contribution in [3.05, 3.63) is 47.0 Å². The lowest BCUT2D eigenvalue weighted by Gasteiger charge is -2.12. The minimum absolute atomic E-state index is 0.0952. The zero-order valence-corrected chi connectivity index (χ0v) is 13.6. The molecule has 1 aromatic rings. The van der Waals surface area contributed by atoms with Gasteiger partial charge in [0.25, 0.3) is 0 Å². The maximum absolute atomic E-state index is 11.8. The van der Waals surface area contributed by atoms with Crippen LogP contribution in [0.25, 0.3) is 0 Å². The maximum Gasteiger partial charge on any atom is 0.230 e. The largest absolute Gasteiger partial charge is 0.355 e. The average Bonchev–Trinajstić information content (AvgIpc) is 2.56. The van der Waals surface area contributed by atoms with Gasteiger partial charge in [0.15, 0.2) is 0 Å². The van der Waals surface area contributed by atoms with Crippen LogP contribution in [-0.2, 0) is 10.5 Å². The van der Waals surface area contributed by atoms with E-state index in [9.17, 15) is 4.79 Å². The Hall–Kier alpha value is -1.73. The van der Waals surface area contributed by atoms with Crippen molar-refractivity contribution in [1.29, 1.82) is 5.26 Å². The van der Waals surface area contributed by atoms with Gasteiger partial charge < -0.3 is 5.32 Å². The summed E-state index contributed by atoms with van der Waals surface area (Å²) in [6, 6.07) is 9.67. The predicted octanol–water partition coefficient (Wildman–Crippen LogP) is 3.80. The topological polar surface area (TPSA) is 52.9 Å². The van der Waals surface area contributed by atoms with Gasteiger partial charge in [-0.05, 0) is 49.8 Å². The molecule has 0 fully saturated rings. The van der Waals surface area contributed by atoms with Crippen LogP contribution >= 0.6 is 11.8 Å². The van der Waals surface area contributed by atoms with Gasteiger partial charge >= 0.3 is 0 Å². The van der Waals surface area contributed by atoms with E-state index in [1.165, 1.54) is 31.3 Å². The first-order chi connectivity index (χ1) is 10.8. The van der Waals surface area contributed by atoms with Crippen LogP contribution in [0.3, 0.4) is 0 Å². The van der Waals surface area contributed by atoms with E-state index in [1.54, 1.807) is 17.8 Å². The number of hydrogen-bond acceptors (Lipinski definition) is 3. The fourth-order valence-corrected chi connectivity index (χ4v) is 3.34. The van der Waals surface area contributed by atoms with Crippen LogP contribution < -0.4 is 5.32 Å². The van der Waals surface area contributed by atoms with Crippen LogP contribution in [0.4, 0.5) is 0 Å². The number of rotatable bonds is 7. The molecular formula is C18H22N2OS. The van der Waals surface area contributed by atoms with Crippen LogP contribution in [0, 0.1) is 11.3 Å². The molecule has 0 unspecified atom stereocenters. The van der Waals surface area contributed by atoms with E-state index >= 15 is 0 Å². The summed E-state index contributed by atoms with van der Waals surface area (Å²) in [7, 11) is 0. The highest BCUT2D eigenvalue weighted by molar-refractivity contribution is 7.99. The Morgan fingerprint density at radius 3 is 3.05 bits per heavy atom. The number of hydrogen-bond donors (Lipinski definition) is 1. The van der Waals surface area contributed by atoms with Crippen molar-refractivity contribution < 1.29 is 4.79 Å². The molecule has 1 aromatic carbocycles. The van der Waals surface area contributed by atoms with Crippen LogP contribution in [0.2, 0.25) is 0 Å². The fourth-order valence-electron chi connectivity index (χ4n) is 2.54. The maximum atomic E-state index is 11.8. The van der Waals surface area contributed by atoms with Gasteiger partial charge in [-0.25, -0.2) is 0 Å². The lowest BCUT2D eigenvalue weighted by Crippen LogP contribution is -2.26. The van der Waals surface area contributed by atoms with Crippen molar-refractivity contribution in [2.45, 2.75) is 37.9 Å². The SMILES string of the molecule is N#Cc1cccc(CSCC(=O)NCCC2=CCCCC2)c1. The molecule has 0 spiro atoms. The van der Waals surface area contributed by atoms with Crippen molar-refractivity contribution >= 4 is 17.7 Å². The van der Waals surface area contributed by atoms with Gasteiger partial charge in [0, 0.05) is 12.3 Å². The van der Waals surface area contributed by atoms with Gasteiger partial charge in [-0.2, -0.15) is 5.26 Å². The first-order valence-corrected chi connectivity index (χ1v) is 8.95. The van der Waals surface area contributed by atoms with Crippen molar-refractivity contribution in [3.8, 4) is 6.07 Å². The van der Waals surface area contributed by atoms with E-state index in [4.69, 9.17) is 5.26 Å². The average molecular weight is 314 g/mol. The Morgan fingerprint density at radius 1 is 1.36 bits per heavy atom. The number of thioether (sulfide) groups is 1. The molecule has 1 amide bonds. The predicted molar refractivity (Wildman–Crippen MR) is 91.5 cm³/mol. The molecule has 0 aliphatic heterocycles. The molecule has 0 heterocycles. The van der Waals surface area contributed by atoms with E-state index in [0.29, 0.717) is 11.3 Å². The Labute approximate surface area is 136 Å². The number of nitrogens with one attached hydrogen (secondary N) is 1. The third-order valence-corrected chi connectivity index (χ3v) is 4.72. The van der Waals surface area contributed by atoms with Gasteiger partial charge in [0.2, 0.25) is 5.91 Å². The first kappa shape index (κ1) is 16.6. The zero-order valence-electron chi connectivity index (χ0n) is 12.8. The number of allylic oxidation sites excluding steroid dienone is 1. The van der Waals surface area contributed by atoms with Crippen LogP contribution in [0.15, 0.2) is 35.9 Å². The number of nitrogens with zero attached hydrogens (tertiary/aromatic N) is 1. The van der Waals surface area contributed by atoms with E-state index in [0.717, 1.165) is 24.3 Å². The quantitative estimate of drug-likeness (QED) is 0.779. The van der Waals surface area contributed by atoms with Crippen molar-refractivity contribution in [2.24, 2.45) is 0 Å². The summed E-state index contributed by atoms with van der Waals surface area (Å²) in [6.45, 7) is 0.745. The van der Waals surface area contributed by atoms with E-state index in [2.05, 4.69) is 17.5 Å². The normalized spacial score (nSPS) is 14.0. The van der Waals surface area contributed by atoms with Gasteiger partial charge in [0.1, 0.15) is 0 Å². The molecule has 22 heavy (non-hydrogen) atoms. The fraction of sp³-hybridized carbons (Fsp3) is 0.444. The lowest BCUT2D eigenvalue weighted by molar-refractivity contribution is -0.118. The van der Waals surface area contributed by atoms with Crippen LogP contribution in [0.1, 0.15) is 43.2 Å². The molecule has 2 rings (SSSR count). The molecule has 116 valence electrons. The standard InChI is InChI=1S/C18H22N2OS/c19-12-16-7-4-8-17(11-16)13-22-14-18(21)20-10-9-15-5-2-1-3-6-15/h4-5,7-8,11H,1-3,6,9-10,13-14H2,(H,20,21). The summed E-state index contributed by atoms with van der Waals surface area (Å²) >= 11 is 1.58. The minimum Gasteiger partial charge on any atom is -0.355 e. The van der Waals surface area contributed by atoms with Crippen molar-refractivity contribution in [2.75, 3.05) is 12.3 Å². The highest BCUT2D eigenvalue weighted by atomic mass is 32.2. The minimum atomic E-state index is 0.0952. The highest BCUT2D eigenvalue weighted by Crippen LogP contribution is 2.19. The lowest BCUT2D eigenvalue weighted by atomic mass is 9.97. The molecule has 0 atom stereocenters. The molecule has 0 saturated heterocycles. The number of amides is 1. The smallest absolute Gasteiger partial charge is 0.230 e. The summed E-state index contributed by atoms with van der Waals surface area (Å²) in [5.74, 6) is 1.32. The summed E-state index contributed by atoms with van der Waals surface area (Å²) in [4.78, 5) is 11.8. The Kier molecular flexibility index (Phi) is 7.05. The Morgan fingerprint density at radius 2 is 2.27 bits per heavy atom.